The Morgan fingerprint density at radius 3 is 2.29 bits per heavy atom. The second-order valence-electron chi connectivity index (χ2n) is 8.09. The normalized spacial score (nSPS) is 11.2. The van der Waals surface area contributed by atoms with Crippen LogP contribution in [0.25, 0.3) is 0 Å². The molecule has 0 saturated carbocycles. The van der Waals surface area contributed by atoms with E-state index in [1.807, 2.05) is 51.1 Å². The first-order valence-corrected chi connectivity index (χ1v) is 12.4. The summed E-state index contributed by atoms with van der Waals surface area (Å²) in [6.45, 7) is 5.61. The molecule has 180 valence electrons. The van der Waals surface area contributed by atoms with Crippen molar-refractivity contribution in [1.29, 1.82) is 0 Å². The minimum atomic E-state index is -4.02. The lowest BCUT2D eigenvalue weighted by Gasteiger charge is -2.26. The molecule has 0 spiro atoms. The van der Waals surface area contributed by atoms with Crippen LogP contribution in [-0.2, 0) is 21.4 Å². The van der Waals surface area contributed by atoms with Crippen molar-refractivity contribution in [3.63, 3.8) is 0 Å². The molecule has 34 heavy (non-hydrogen) atoms. The van der Waals surface area contributed by atoms with Crippen LogP contribution in [0.1, 0.15) is 25.0 Å². The van der Waals surface area contributed by atoms with Crippen molar-refractivity contribution >= 4 is 21.6 Å². The molecule has 0 bridgehead atoms. The van der Waals surface area contributed by atoms with Crippen LogP contribution < -0.4 is 19.1 Å². The Kier molecular flexibility index (Phi) is 8.17. The van der Waals surface area contributed by atoms with Crippen molar-refractivity contribution < 1.29 is 22.7 Å². The van der Waals surface area contributed by atoms with Crippen molar-refractivity contribution in [3.05, 3.63) is 83.9 Å². The highest BCUT2D eigenvalue weighted by Gasteiger charge is 2.29. The summed E-state index contributed by atoms with van der Waals surface area (Å²) < 4.78 is 39.2. The molecule has 7 nitrogen and oxygen atoms in total. The molecule has 0 atom stereocenters. The molecule has 0 heterocycles. The fourth-order valence-corrected chi connectivity index (χ4v) is 4.80. The molecule has 3 rings (SSSR count). The molecular weight excluding hydrogens is 452 g/mol. The van der Waals surface area contributed by atoms with Gasteiger partial charge in [0, 0.05) is 6.54 Å². The molecular formula is C26H30N2O5S. The van der Waals surface area contributed by atoms with Gasteiger partial charge in [0.25, 0.3) is 10.0 Å². The average Bonchev–Trinajstić information content (AvgIpc) is 2.82. The Morgan fingerprint density at radius 1 is 1.00 bits per heavy atom. The minimum absolute atomic E-state index is 0.0710. The summed E-state index contributed by atoms with van der Waals surface area (Å²) in [5, 5.41) is 2.81. The number of hydrogen-bond acceptors (Lipinski definition) is 5. The topological polar surface area (TPSA) is 84.9 Å². The SMILES string of the molecule is COc1ccc(C)cc1N(CC(=O)NCc1ccc(OC(C)C)cc1)S(=O)(=O)c1ccccc1. The number of ether oxygens (including phenoxy) is 2. The summed E-state index contributed by atoms with van der Waals surface area (Å²) in [7, 11) is -2.56. The highest BCUT2D eigenvalue weighted by molar-refractivity contribution is 7.92. The van der Waals surface area contributed by atoms with Gasteiger partial charge in [-0.15, -0.1) is 0 Å². The van der Waals surface area contributed by atoms with Crippen molar-refractivity contribution in [1.82, 2.24) is 5.32 Å². The van der Waals surface area contributed by atoms with Gasteiger partial charge in [-0.05, 0) is 68.3 Å². The lowest BCUT2D eigenvalue weighted by molar-refractivity contribution is -0.119. The molecule has 0 aromatic heterocycles. The standard InChI is InChI=1S/C26H30N2O5S/c1-19(2)33-22-13-11-21(12-14-22)17-27-26(29)18-28(24-16-20(3)10-15-25(24)32-4)34(30,31)23-8-6-5-7-9-23/h5-16,19H,17-18H2,1-4H3,(H,27,29). The summed E-state index contributed by atoms with van der Waals surface area (Å²) in [5.74, 6) is 0.668. The third kappa shape index (κ3) is 6.29. The van der Waals surface area contributed by atoms with Crippen LogP contribution >= 0.6 is 0 Å². The van der Waals surface area contributed by atoms with E-state index in [9.17, 15) is 13.2 Å². The number of carbonyl (C=O) groups is 1. The molecule has 0 aliphatic carbocycles. The molecule has 3 aromatic rings. The van der Waals surface area contributed by atoms with Crippen LogP contribution in [0, 0.1) is 6.92 Å². The summed E-state index contributed by atoms with van der Waals surface area (Å²) in [4.78, 5) is 13.0. The summed E-state index contributed by atoms with van der Waals surface area (Å²) in [6, 6.07) is 20.6. The van der Waals surface area contributed by atoms with Gasteiger partial charge < -0.3 is 14.8 Å². The molecule has 1 N–H and O–H groups in total. The van der Waals surface area contributed by atoms with Gasteiger partial charge in [0.1, 0.15) is 18.0 Å². The highest BCUT2D eigenvalue weighted by Crippen LogP contribution is 2.33. The number of rotatable bonds is 10. The van der Waals surface area contributed by atoms with E-state index in [1.54, 1.807) is 30.3 Å². The van der Waals surface area contributed by atoms with Gasteiger partial charge in [0.05, 0.1) is 23.8 Å². The van der Waals surface area contributed by atoms with Crippen LogP contribution in [0.3, 0.4) is 0 Å². The number of nitrogens with one attached hydrogen (secondary N) is 1. The maximum Gasteiger partial charge on any atom is 0.264 e. The second-order valence-corrected chi connectivity index (χ2v) is 9.95. The van der Waals surface area contributed by atoms with E-state index in [1.165, 1.54) is 19.2 Å². The number of aryl methyl sites for hydroxylation is 1. The van der Waals surface area contributed by atoms with Crippen LogP contribution in [0.4, 0.5) is 5.69 Å². The Morgan fingerprint density at radius 2 is 1.68 bits per heavy atom. The fourth-order valence-electron chi connectivity index (χ4n) is 3.36. The summed E-state index contributed by atoms with van der Waals surface area (Å²) >= 11 is 0. The average molecular weight is 483 g/mol. The first kappa shape index (κ1) is 25.1. The van der Waals surface area contributed by atoms with Crippen LogP contribution in [0.2, 0.25) is 0 Å². The number of methoxy groups -OCH3 is 1. The molecule has 3 aromatic carbocycles. The third-order valence-corrected chi connectivity index (χ3v) is 6.78. The van der Waals surface area contributed by atoms with Gasteiger partial charge in [-0.3, -0.25) is 9.10 Å². The van der Waals surface area contributed by atoms with Gasteiger partial charge in [0.2, 0.25) is 5.91 Å². The molecule has 0 aliphatic rings. The Balaban J connectivity index is 1.83. The number of nitrogens with zero attached hydrogens (tertiary/aromatic N) is 1. The Bertz CT molecular complexity index is 1210. The lowest BCUT2D eigenvalue weighted by Crippen LogP contribution is -2.40. The van der Waals surface area contributed by atoms with Crippen molar-refractivity contribution in [2.24, 2.45) is 0 Å². The maximum atomic E-state index is 13.5. The van der Waals surface area contributed by atoms with Gasteiger partial charge in [0.15, 0.2) is 0 Å². The van der Waals surface area contributed by atoms with E-state index in [0.29, 0.717) is 11.4 Å². The monoisotopic (exact) mass is 482 g/mol. The van der Waals surface area contributed by atoms with Gasteiger partial charge in [-0.1, -0.05) is 36.4 Å². The van der Waals surface area contributed by atoms with Crippen LogP contribution in [-0.4, -0.2) is 34.1 Å². The third-order valence-electron chi connectivity index (χ3n) is 5.01. The van der Waals surface area contributed by atoms with Crippen molar-refractivity contribution in [2.45, 2.75) is 38.3 Å². The van der Waals surface area contributed by atoms with E-state index in [-0.39, 0.29) is 17.5 Å². The molecule has 0 fully saturated rings. The highest BCUT2D eigenvalue weighted by atomic mass is 32.2. The predicted molar refractivity (Wildman–Crippen MR) is 133 cm³/mol. The zero-order chi connectivity index (χ0) is 24.7. The van der Waals surface area contributed by atoms with E-state index in [4.69, 9.17) is 9.47 Å². The van der Waals surface area contributed by atoms with Crippen molar-refractivity contribution in [2.75, 3.05) is 18.0 Å². The number of anilines is 1. The zero-order valence-electron chi connectivity index (χ0n) is 19.8. The lowest BCUT2D eigenvalue weighted by atomic mass is 10.2. The number of amides is 1. The molecule has 0 unspecified atom stereocenters. The Hall–Kier alpha value is -3.52. The summed E-state index contributed by atoms with van der Waals surface area (Å²) in [6.07, 6.45) is 0.0710. The second kappa shape index (κ2) is 11.1. The van der Waals surface area contributed by atoms with Crippen molar-refractivity contribution in [3.8, 4) is 11.5 Å². The molecule has 0 saturated heterocycles. The van der Waals surface area contributed by atoms with Gasteiger partial charge >= 0.3 is 0 Å². The zero-order valence-corrected chi connectivity index (χ0v) is 20.6. The molecule has 0 aliphatic heterocycles. The number of benzene rings is 3. The molecule has 8 heteroatoms. The minimum Gasteiger partial charge on any atom is -0.495 e. The van der Waals surface area contributed by atoms with Gasteiger partial charge in [-0.2, -0.15) is 0 Å². The van der Waals surface area contributed by atoms with E-state index >= 15 is 0 Å². The number of hydrogen-bond donors (Lipinski definition) is 1. The predicted octanol–water partition coefficient (Wildman–Crippen LogP) is 4.30. The van der Waals surface area contributed by atoms with E-state index < -0.39 is 22.5 Å². The first-order chi connectivity index (χ1) is 16.2. The van der Waals surface area contributed by atoms with E-state index in [0.717, 1.165) is 21.2 Å². The molecule has 1 amide bonds. The summed E-state index contributed by atoms with van der Waals surface area (Å²) in [5.41, 5.74) is 2.01. The maximum absolute atomic E-state index is 13.5. The largest absolute Gasteiger partial charge is 0.495 e. The van der Waals surface area contributed by atoms with Crippen LogP contribution in [0.15, 0.2) is 77.7 Å². The number of sulfonamides is 1. The van der Waals surface area contributed by atoms with Crippen LogP contribution in [0.5, 0.6) is 11.5 Å². The number of carbonyl (C=O) groups excluding carboxylic acids is 1. The molecule has 0 radical (unpaired) electrons. The smallest absolute Gasteiger partial charge is 0.264 e. The first-order valence-electron chi connectivity index (χ1n) is 11.0. The van der Waals surface area contributed by atoms with Gasteiger partial charge in [-0.25, -0.2) is 8.42 Å². The fraction of sp³-hybridized carbons (Fsp3) is 0.269. The Labute approximate surface area is 201 Å². The van der Waals surface area contributed by atoms with E-state index in [2.05, 4.69) is 5.32 Å². The quantitative estimate of drug-likeness (QED) is 0.466.